The van der Waals surface area contributed by atoms with Crippen LogP contribution in [0.1, 0.15) is 37.7 Å². The molecule has 0 bridgehead atoms. The van der Waals surface area contributed by atoms with Gasteiger partial charge < -0.3 is 19.6 Å². The van der Waals surface area contributed by atoms with E-state index in [1.807, 2.05) is 24.3 Å². The van der Waals surface area contributed by atoms with Crippen molar-refractivity contribution in [3.05, 3.63) is 36.1 Å². The van der Waals surface area contributed by atoms with Gasteiger partial charge in [-0.05, 0) is 44.7 Å². The monoisotopic (exact) mass is 317 g/mol. The molecule has 4 heteroatoms. The van der Waals surface area contributed by atoms with E-state index in [2.05, 4.69) is 5.32 Å². The number of aliphatic hydroxyl groups is 1. The minimum Gasteiger partial charge on any atom is -0.464 e. The molecule has 4 nitrogen and oxygen atoms in total. The Morgan fingerprint density at radius 2 is 2.26 bits per heavy atom. The molecule has 0 amide bonds. The lowest BCUT2D eigenvalue weighted by molar-refractivity contribution is -0.0428. The highest BCUT2D eigenvalue weighted by Gasteiger charge is 2.40. The van der Waals surface area contributed by atoms with Gasteiger partial charge in [0.25, 0.3) is 0 Å². The van der Waals surface area contributed by atoms with Gasteiger partial charge >= 0.3 is 0 Å². The van der Waals surface area contributed by atoms with Crippen molar-refractivity contribution in [3.8, 4) is 0 Å². The summed E-state index contributed by atoms with van der Waals surface area (Å²) in [6, 6.07) is 8.04. The van der Waals surface area contributed by atoms with Gasteiger partial charge in [0, 0.05) is 37.1 Å². The number of furan rings is 1. The molecule has 0 spiro atoms. The van der Waals surface area contributed by atoms with E-state index in [-0.39, 0.29) is 5.92 Å². The molecule has 2 atom stereocenters. The average Bonchev–Trinajstić information content (AvgIpc) is 3.08. The van der Waals surface area contributed by atoms with E-state index in [9.17, 15) is 5.11 Å². The number of nitrogens with one attached hydrogen (secondary N) is 1. The maximum Gasteiger partial charge on any atom is 0.139 e. The highest BCUT2D eigenvalue weighted by molar-refractivity contribution is 5.81. The Kier molecular flexibility index (Phi) is 5.36. The predicted molar refractivity (Wildman–Crippen MR) is 91.4 cm³/mol. The fraction of sp³-hybridized carbons (Fsp3) is 0.579. The summed E-state index contributed by atoms with van der Waals surface area (Å²) in [4.78, 5) is 0. The van der Waals surface area contributed by atoms with Crippen LogP contribution in [0.5, 0.6) is 0 Å². The maximum atomic E-state index is 11.7. The number of hydrogen-bond donors (Lipinski definition) is 2. The second-order valence-electron chi connectivity index (χ2n) is 6.56. The SMILES string of the molecule is COCCCC[C@@](O)(c1cccc2ccoc12)C1CCCNC1. The number of unbranched alkanes of at least 4 members (excludes halogenated alkanes) is 1. The van der Waals surface area contributed by atoms with Gasteiger partial charge in [-0.15, -0.1) is 0 Å². The lowest BCUT2D eigenvalue weighted by Crippen LogP contribution is -2.44. The summed E-state index contributed by atoms with van der Waals surface area (Å²) in [5.41, 5.74) is 0.914. The Morgan fingerprint density at radius 3 is 3.04 bits per heavy atom. The highest BCUT2D eigenvalue weighted by Crippen LogP contribution is 2.41. The number of methoxy groups -OCH3 is 1. The Hall–Kier alpha value is -1.36. The number of benzene rings is 1. The molecule has 2 heterocycles. The van der Waals surface area contributed by atoms with Gasteiger partial charge in [0.05, 0.1) is 11.9 Å². The molecular weight excluding hydrogens is 290 g/mol. The van der Waals surface area contributed by atoms with E-state index in [0.717, 1.165) is 68.3 Å². The number of fused-ring (bicyclic) bond motifs is 1. The average molecular weight is 317 g/mol. The quantitative estimate of drug-likeness (QED) is 0.768. The summed E-state index contributed by atoms with van der Waals surface area (Å²) in [7, 11) is 1.72. The molecular formula is C19H27NO3. The fourth-order valence-electron chi connectivity index (χ4n) is 3.79. The minimum atomic E-state index is -0.849. The van der Waals surface area contributed by atoms with E-state index in [1.165, 1.54) is 0 Å². The molecule has 1 aromatic heterocycles. The zero-order valence-corrected chi connectivity index (χ0v) is 13.9. The van der Waals surface area contributed by atoms with Gasteiger partial charge in [-0.25, -0.2) is 0 Å². The van der Waals surface area contributed by atoms with Crippen LogP contribution < -0.4 is 5.32 Å². The lowest BCUT2D eigenvalue weighted by Gasteiger charge is -2.39. The van der Waals surface area contributed by atoms with Crippen molar-refractivity contribution in [2.75, 3.05) is 26.8 Å². The zero-order valence-electron chi connectivity index (χ0n) is 13.9. The van der Waals surface area contributed by atoms with Crippen LogP contribution in [0.15, 0.2) is 34.9 Å². The molecule has 3 rings (SSSR count). The second-order valence-corrected chi connectivity index (χ2v) is 6.56. The topological polar surface area (TPSA) is 54.6 Å². The third-order valence-corrected chi connectivity index (χ3v) is 5.07. The summed E-state index contributed by atoms with van der Waals surface area (Å²) in [6.45, 7) is 2.64. The Bertz CT molecular complexity index is 618. The number of hydrogen-bond acceptors (Lipinski definition) is 4. The molecule has 0 saturated carbocycles. The number of ether oxygens (including phenoxy) is 1. The van der Waals surface area contributed by atoms with E-state index in [0.29, 0.717) is 0 Å². The third kappa shape index (κ3) is 3.44. The van der Waals surface area contributed by atoms with Crippen molar-refractivity contribution in [1.82, 2.24) is 5.32 Å². The standard InChI is InChI=1S/C19H27NO3/c1-22-12-3-2-10-19(21,16-7-5-11-20-14-16)17-8-4-6-15-9-13-23-18(15)17/h4,6,8-9,13,16,20-21H,2-3,5,7,10-12,14H2,1H3/t16?,19-/m0/s1. The van der Waals surface area contributed by atoms with E-state index < -0.39 is 5.60 Å². The minimum absolute atomic E-state index is 0.217. The first-order valence-corrected chi connectivity index (χ1v) is 8.64. The summed E-state index contributed by atoms with van der Waals surface area (Å²) >= 11 is 0. The van der Waals surface area contributed by atoms with Crippen LogP contribution in [0.4, 0.5) is 0 Å². The molecule has 2 aromatic rings. The van der Waals surface area contributed by atoms with Crippen LogP contribution >= 0.6 is 0 Å². The number of piperidine rings is 1. The summed E-state index contributed by atoms with van der Waals surface area (Å²) < 4.78 is 10.9. The largest absolute Gasteiger partial charge is 0.464 e. The number of rotatable bonds is 7. The fourth-order valence-corrected chi connectivity index (χ4v) is 3.79. The molecule has 2 N–H and O–H groups in total. The van der Waals surface area contributed by atoms with Gasteiger partial charge in [-0.1, -0.05) is 18.2 Å². The molecule has 0 aliphatic carbocycles. The molecule has 1 unspecified atom stereocenters. The van der Waals surface area contributed by atoms with Crippen LogP contribution in [0.25, 0.3) is 11.0 Å². The van der Waals surface area contributed by atoms with Crippen LogP contribution in [0, 0.1) is 5.92 Å². The maximum absolute atomic E-state index is 11.7. The normalized spacial score (nSPS) is 21.4. The molecule has 1 aromatic carbocycles. The Labute approximate surface area is 137 Å². The van der Waals surface area contributed by atoms with Crippen molar-refractivity contribution < 1.29 is 14.3 Å². The van der Waals surface area contributed by atoms with Crippen molar-refractivity contribution >= 4 is 11.0 Å². The molecule has 1 fully saturated rings. The summed E-state index contributed by atoms with van der Waals surface area (Å²) in [6.07, 6.45) is 6.51. The summed E-state index contributed by atoms with van der Waals surface area (Å²) in [5.74, 6) is 0.217. The molecule has 1 saturated heterocycles. The first kappa shape index (κ1) is 16.5. The second kappa shape index (κ2) is 7.47. The van der Waals surface area contributed by atoms with Crippen molar-refractivity contribution in [2.45, 2.75) is 37.7 Å². The molecule has 1 aliphatic rings. The van der Waals surface area contributed by atoms with Crippen LogP contribution in [0.2, 0.25) is 0 Å². The van der Waals surface area contributed by atoms with E-state index in [4.69, 9.17) is 9.15 Å². The van der Waals surface area contributed by atoms with Crippen molar-refractivity contribution in [3.63, 3.8) is 0 Å². The van der Waals surface area contributed by atoms with Gasteiger partial charge in [0.15, 0.2) is 0 Å². The van der Waals surface area contributed by atoms with Crippen LogP contribution in [0.3, 0.4) is 0 Å². The molecule has 23 heavy (non-hydrogen) atoms. The third-order valence-electron chi connectivity index (χ3n) is 5.07. The highest BCUT2D eigenvalue weighted by atomic mass is 16.5. The smallest absolute Gasteiger partial charge is 0.139 e. The van der Waals surface area contributed by atoms with Crippen molar-refractivity contribution in [1.29, 1.82) is 0 Å². The first-order chi connectivity index (χ1) is 11.3. The number of para-hydroxylation sites is 1. The summed E-state index contributed by atoms with van der Waals surface area (Å²) in [5, 5.41) is 16.2. The van der Waals surface area contributed by atoms with Gasteiger partial charge in [0.1, 0.15) is 5.58 Å². The molecule has 0 radical (unpaired) electrons. The predicted octanol–water partition coefficient (Wildman–Crippen LogP) is 3.44. The van der Waals surface area contributed by atoms with Gasteiger partial charge in [0.2, 0.25) is 0 Å². The molecule has 126 valence electrons. The lowest BCUT2D eigenvalue weighted by atomic mass is 9.74. The zero-order chi connectivity index (χ0) is 16.1. The van der Waals surface area contributed by atoms with Crippen molar-refractivity contribution in [2.24, 2.45) is 5.92 Å². The van der Waals surface area contributed by atoms with Crippen LogP contribution in [-0.2, 0) is 10.3 Å². The van der Waals surface area contributed by atoms with E-state index in [1.54, 1.807) is 13.4 Å². The molecule has 1 aliphatic heterocycles. The Morgan fingerprint density at radius 1 is 1.35 bits per heavy atom. The van der Waals surface area contributed by atoms with Gasteiger partial charge in [-0.2, -0.15) is 0 Å². The Balaban J connectivity index is 1.91. The van der Waals surface area contributed by atoms with E-state index >= 15 is 0 Å². The van der Waals surface area contributed by atoms with Crippen LogP contribution in [-0.4, -0.2) is 31.9 Å². The van der Waals surface area contributed by atoms with Gasteiger partial charge in [-0.3, -0.25) is 0 Å². The first-order valence-electron chi connectivity index (χ1n) is 8.64.